The fourth-order valence-electron chi connectivity index (χ4n) is 3.23. The van der Waals surface area contributed by atoms with E-state index < -0.39 is 48.1 Å². The van der Waals surface area contributed by atoms with Crippen molar-refractivity contribution in [2.75, 3.05) is 46.2 Å². The predicted molar refractivity (Wildman–Crippen MR) is 118 cm³/mol. The van der Waals surface area contributed by atoms with Crippen molar-refractivity contribution in [1.29, 1.82) is 0 Å². The molecular weight excluding hydrogens is 470 g/mol. The highest BCUT2D eigenvalue weighted by Gasteiger charge is 2.45. The first-order valence-corrected chi connectivity index (χ1v) is 10.9. The van der Waals surface area contributed by atoms with Gasteiger partial charge in [0.15, 0.2) is 6.29 Å². The van der Waals surface area contributed by atoms with Gasteiger partial charge in [0.2, 0.25) is 5.91 Å². The van der Waals surface area contributed by atoms with Gasteiger partial charge in [-0.05, 0) is 12.1 Å². The average molecular weight is 501 g/mol. The molecule has 2 amide bonds. The average Bonchev–Trinajstić information content (AvgIpc) is 2.84. The van der Waals surface area contributed by atoms with E-state index in [9.17, 15) is 35.0 Å². The van der Waals surface area contributed by atoms with E-state index in [1.807, 2.05) is 0 Å². The van der Waals surface area contributed by atoms with Crippen LogP contribution < -0.4 is 10.6 Å². The zero-order valence-corrected chi connectivity index (χ0v) is 19.2. The molecular formula is C21H31N3O11. The van der Waals surface area contributed by atoms with Crippen LogP contribution in [0.1, 0.15) is 17.3 Å². The van der Waals surface area contributed by atoms with E-state index in [-0.39, 0.29) is 51.2 Å². The first-order chi connectivity index (χ1) is 16.7. The Morgan fingerprint density at radius 3 is 2.29 bits per heavy atom. The SMILES string of the molecule is CC(=O)NC1C(OCCOCCOCCNC(=O)c2ccc([N+](=O)[O-])cc2)OC(CO)C(O)C1O. The van der Waals surface area contributed by atoms with Gasteiger partial charge in [0.25, 0.3) is 11.6 Å². The fraction of sp³-hybridized carbons (Fsp3) is 0.619. The van der Waals surface area contributed by atoms with E-state index in [1.165, 1.54) is 31.2 Å². The third kappa shape index (κ3) is 9.10. The summed E-state index contributed by atoms with van der Waals surface area (Å²) in [5, 5.41) is 45.2. The number of nitro groups is 1. The molecule has 1 aromatic carbocycles. The Hall–Kier alpha value is -2.72. The van der Waals surface area contributed by atoms with Gasteiger partial charge in [-0.3, -0.25) is 19.7 Å². The van der Waals surface area contributed by atoms with Gasteiger partial charge in [-0.15, -0.1) is 0 Å². The van der Waals surface area contributed by atoms with Crippen molar-refractivity contribution in [2.45, 2.75) is 37.6 Å². The Morgan fingerprint density at radius 2 is 1.69 bits per heavy atom. The molecule has 1 heterocycles. The van der Waals surface area contributed by atoms with E-state index in [2.05, 4.69) is 10.6 Å². The van der Waals surface area contributed by atoms with Crippen LogP contribution in [0.5, 0.6) is 0 Å². The Kier molecular flexibility index (Phi) is 11.9. The molecule has 14 heteroatoms. The molecule has 1 aliphatic rings. The molecule has 0 saturated carbocycles. The summed E-state index contributed by atoms with van der Waals surface area (Å²) in [4.78, 5) is 33.4. The zero-order valence-electron chi connectivity index (χ0n) is 19.2. The Bertz CT molecular complexity index is 823. The van der Waals surface area contributed by atoms with Gasteiger partial charge in [-0.1, -0.05) is 0 Å². The second kappa shape index (κ2) is 14.6. The summed E-state index contributed by atoms with van der Waals surface area (Å²) in [5.41, 5.74) is 0.203. The van der Waals surface area contributed by atoms with Crippen molar-refractivity contribution in [3.8, 4) is 0 Å². The molecule has 1 saturated heterocycles. The van der Waals surface area contributed by atoms with Crippen LogP contribution in [0.25, 0.3) is 0 Å². The van der Waals surface area contributed by atoms with Crippen LogP contribution in [0.4, 0.5) is 5.69 Å². The summed E-state index contributed by atoms with van der Waals surface area (Å²) in [6.45, 7) is 1.87. The molecule has 1 fully saturated rings. The maximum atomic E-state index is 12.0. The highest BCUT2D eigenvalue weighted by molar-refractivity contribution is 5.94. The van der Waals surface area contributed by atoms with Gasteiger partial charge in [0.05, 0.1) is 44.6 Å². The van der Waals surface area contributed by atoms with Crippen molar-refractivity contribution in [3.63, 3.8) is 0 Å². The van der Waals surface area contributed by atoms with Crippen LogP contribution in [0.15, 0.2) is 24.3 Å². The van der Waals surface area contributed by atoms with Gasteiger partial charge in [0, 0.05) is 31.2 Å². The lowest BCUT2D eigenvalue weighted by Gasteiger charge is -2.42. The number of aliphatic hydroxyl groups excluding tert-OH is 3. The van der Waals surface area contributed by atoms with E-state index in [0.29, 0.717) is 5.56 Å². The molecule has 35 heavy (non-hydrogen) atoms. The molecule has 0 radical (unpaired) electrons. The number of carbonyl (C=O) groups excluding carboxylic acids is 2. The molecule has 0 aromatic heterocycles. The number of nitrogens with one attached hydrogen (secondary N) is 2. The van der Waals surface area contributed by atoms with Crippen molar-refractivity contribution in [1.82, 2.24) is 10.6 Å². The summed E-state index contributed by atoms with van der Waals surface area (Å²) < 4.78 is 21.7. The van der Waals surface area contributed by atoms with Crippen LogP contribution in [-0.2, 0) is 23.7 Å². The van der Waals surface area contributed by atoms with Crippen LogP contribution in [0.2, 0.25) is 0 Å². The van der Waals surface area contributed by atoms with Gasteiger partial charge in [-0.25, -0.2) is 0 Å². The Morgan fingerprint density at radius 1 is 1.06 bits per heavy atom. The molecule has 1 aliphatic heterocycles. The number of carbonyl (C=O) groups is 2. The quantitative estimate of drug-likeness (QED) is 0.111. The third-order valence-electron chi connectivity index (χ3n) is 5.00. The van der Waals surface area contributed by atoms with Crippen LogP contribution >= 0.6 is 0 Å². The van der Waals surface area contributed by atoms with Gasteiger partial charge in [-0.2, -0.15) is 0 Å². The summed E-state index contributed by atoms with van der Waals surface area (Å²) in [7, 11) is 0. The van der Waals surface area contributed by atoms with Gasteiger partial charge in [0.1, 0.15) is 24.4 Å². The second-order valence-electron chi connectivity index (χ2n) is 7.59. The Labute approximate surface area is 201 Å². The summed E-state index contributed by atoms with van der Waals surface area (Å²) >= 11 is 0. The van der Waals surface area contributed by atoms with Gasteiger partial charge < -0.3 is 44.9 Å². The lowest BCUT2D eigenvalue weighted by Crippen LogP contribution is -2.64. The topological polar surface area (TPSA) is 199 Å². The number of amides is 2. The van der Waals surface area contributed by atoms with Gasteiger partial charge >= 0.3 is 0 Å². The molecule has 0 bridgehead atoms. The minimum absolute atomic E-state index is 0.0486. The third-order valence-corrected chi connectivity index (χ3v) is 5.00. The van der Waals surface area contributed by atoms with Crippen molar-refractivity contribution < 1.29 is 48.8 Å². The molecule has 0 spiro atoms. The highest BCUT2D eigenvalue weighted by Crippen LogP contribution is 2.22. The van der Waals surface area contributed by atoms with Crippen molar-refractivity contribution in [2.24, 2.45) is 0 Å². The monoisotopic (exact) mass is 501 g/mol. The van der Waals surface area contributed by atoms with Crippen molar-refractivity contribution in [3.05, 3.63) is 39.9 Å². The molecule has 5 N–H and O–H groups in total. The first-order valence-electron chi connectivity index (χ1n) is 10.9. The summed E-state index contributed by atoms with van der Waals surface area (Å²) in [5.74, 6) is -0.821. The molecule has 5 atom stereocenters. The number of aliphatic hydroxyl groups is 3. The molecule has 14 nitrogen and oxygen atoms in total. The molecule has 0 aliphatic carbocycles. The predicted octanol–water partition coefficient (Wildman–Crippen LogP) is -1.68. The first kappa shape index (κ1) is 28.5. The number of benzene rings is 1. The van der Waals surface area contributed by atoms with Crippen molar-refractivity contribution >= 4 is 17.5 Å². The lowest BCUT2D eigenvalue weighted by atomic mass is 9.97. The van der Waals surface area contributed by atoms with E-state index in [1.54, 1.807) is 0 Å². The van der Waals surface area contributed by atoms with Crippen LogP contribution in [0, 0.1) is 10.1 Å². The minimum Gasteiger partial charge on any atom is -0.394 e. The highest BCUT2D eigenvalue weighted by atomic mass is 16.7. The second-order valence-corrected chi connectivity index (χ2v) is 7.59. The van der Waals surface area contributed by atoms with E-state index in [0.717, 1.165) is 0 Å². The molecule has 1 aromatic rings. The lowest BCUT2D eigenvalue weighted by molar-refractivity contribution is -0.384. The number of nitrogens with zero attached hydrogens (tertiary/aromatic N) is 1. The maximum Gasteiger partial charge on any atom is 0.269 e. The number of ether oxygens (including phenoxy) is 4. The van der Waals surface area contributed by atoms with E-state index in [4.69, 9.17) is 18.9 Å². The van der Waals surface area contributed by atoms with E-state index >= 15 is 0 Å². The smallest absolute Gasteiger partial charge is 0.269 e. The molecule has 2 rings (SSSR count). The Balaban J connectivity index is 1.57. The minimum atomic E-state index is -1.39. The number of hydrogen-bond donors (Lipinski definition) is 5. The zero-order chi connectivity index (χ0) is 25.8. The number of nitro benzene ring substituents is 1. The summed E-state index contributed by atoms with van der Waals surface area (Å²) in [6.07, 6.45) is -4.92. The number of hydrogen-bond acceptors (Lipinski definition) is 11. The maximum absolute atomic E-state index is 12.0. The normalized spacial score (nSPS) is 24.1. The summed E-state index contributed by atoms with van der Waals surface area (Å²) in [6, 6.07) is 4.23. The fourth-order valence-corrected chi connectivity index (χ4v) is 3.23. The number of rotatable bonds is 14. The molecule has 196 valence electrons. The van der Waals surface area contributed by atoms with Crippen LogP contribution in [0.3, 0.4) is 0 Å². The largest absolute Gasteiger partial charge is 0.394 e. The molecule has 5 unspecified atom stereocenters. The number of non-ortho nitro benzene ring substituents is 1. The van der Waals surface area contributed by atoms with Crippen LogP contribution in [-0.4, -0.2) is 109 Å². The standard InChI is InChI=1S/C21H31N3O11/c1-13(26)23-17-19(28)18(27)16(12-25)35-21(17)34-11-10-33-9-8-32-7-6-22-20(29)14-2-4-15(5-3-14)24(30)31/h2-5,16-19,21,25,27-28H,6-12H2,1H3,(H,22,29)(H,23,26).